The molecule has 0 spiro atoms. The molecule has 1 rings (SSSR count). The van der Waals surface area contributed by atoms with Crippen LogP contribution in [0.5, 0.6) is 0 Å². The van der Waals surface area contributed by atoms with Crippen molar-refractivity contribution in [2.75, 3.05) is 6.26 Å². The van der Waals surface area contributed by atoms with Gasteiger partial charge < -0.3 is 10.6 Å². The maximum absolute atomic E-state index is 12.2. The van der Waals surface area contributed by atoms with E-state index in [2.05, 4.69) is 10.6 Å². The van der Waals surface area contributed by atoms with Gasteiger partial charge in [0.1, 0.15) is 6.04 Å². The highest BCUT2D eigenvalue weighted by Crippen LogP contribution is 2.22. The van der Waals surface area contributed by atoms with Crippen LogP contribution >= 0.6 is 11.6 Å². The average molecular weight is 361 g/mol. The summed E-state index contributed by atoms with van der Waals surface area (Å²) >= 11 is 5.84. The van der Waals surface area contributed by atoms with Crippen molar-refractivity contribution in [2.24, 2.45) is 0 Å². The molecule has 1 aromatic rings. The van der Waals surface area contributed by atoms with Gasteiger partial charge in [-0.05, 0) is 45.9 Å². The zero-order valence-corrected chi connectivity index (χ0v) is 15.3. The van der Waals surface area contributed by atoms with Crippen molar-refractivity contribution < 1.29 is 18.0 Å². The fourth-order valence-corrected chi connectivity index (χ4v) is 3.05. The van der Waals surface area contributed by atoms with Gasteiger partial charge in [-0.25, -0.2) is 8.42 Å². The van der Waals surface area contributed by atoms with Crippen LogP contribution in [-0.4, -0.2) is 38.1 Å². The number of halogens is 1. The predicted octanol–water partition coefficient (Wildman–Crippen LogP) is 1.78. The molecule has 1 unspecified atom stereocenters. The van der Waals surface area contributed by atoms with E-state index >= 15 is 0 Å². The van der Waals surface area contributed by atoms with Crippen LogP contribution in [0.15, 0.2) is 23.1 Å². The molecule has 2 amide bonds. The smallest absolute Gasteiger partial charge is 0.251 e. The van der Waals surface area contributed by atoms with Crippen LogP contribution in [0.2, 0.25) is 5.02 Å². The molecule has 0 aromatic heterocycles. The average Bonchev–Trinajstić information content (AvgIpc) is 2.35. The largest absolute Gasteiger partial charge is 0.350 e. The van der Waals surface area contributed by atoms with Gasteiger partial charge in [-0.15, -0.1) is 0 Å². The van der Waals surface area contributed by atoms with E-state index in [0.29, 0.717) is 0 Å². The van der Waals surface area contributed by atoms with Crippen LogP contribution in [0.1, 0.15) is 38.1 Å². The quantitative estimate of drug-likeness (QED) is 0.856. The Kier molecular flexibility index (Phi) is 5.82. The number of rotatable bonds is 4. The van der Waals surface area contributed by atoms with Crippen molar-refractivity contribution >= 4 is 33.3 Å². The third-order valence-corrected chi connectivity index (χ3v) is 4.41. The first-order valence-corrected chi connectivity index (χ1v) is 9.21. The monoisotopic (exact) mass is 360 g/mol. The third kappa shape index (κ3) is 5.84. The van der Waals surface area contributed by atoms with Crippen molar-refractivity contribution in [3.8, 4) is 0 Å². The predicted molar refractivity (Wildman–Crippen MR) is 89.4 cm³/mol. The highest BCUT2D eigenvalue weighted by molar-refractivity contribution is 7.90. The molecule has 1 aromatic carbocycles. The second kappa shape index (κ2) is 6.88. The minimum atomic E-state index is -3.55. The first-order chi connectivity index (χ1) is 10.3. The second-order valence-electron chi connectivity index (χ2n) is 6.35. The lowest BCUT2D eigenvalue weighted by Crippen LogP contribution is -2.50. The zero-order valence-electron chi connectivity index (χ0n) is 13.7. The lowest BCUT2D eigenvalue weighted by atomic mass is 10.1. The van der Waals surface area contributed by atoms with Crippen LogP contribution in [0.25, 0.3) is 0 Å². The Morgan fingerprint density at radius 2 is 1.78 bits per heavy atom. The minimum absolute atomic E-state index is 0.0441. The number of amides is 2. The van der Waals surface area contributed by atoms with E-state index in [1.54, 1.807) is 6.92 Å². The summed E-state index contributed by atoms with van der Waals surface area (Å²) in [6.07, 6.45) is 1.01. The molecule has 2 N–H and O–H groups in total. The van der Waals surface area contributed by atoms with E-state index in [1.807, 2.05) is 20.8 Å². The summed E-state index contributed by atoms with van der Waals surface area (Å²) in [5, 5.41) is 5.32. The van der Waals surface area contributed by atoms with E-state index in [-0.39, 0.29) is 21.4 Å². The molecule has 0 aliphatic rings. The number of benzene rings is 1. The number of hydrogen-bond acceptors (Lipinski definition) is 4. The van der Waals surface area contributed by atoms with Crippen LogP contribution in [0.3, 0.4) is 0 Å². The van der Waals surface area contributed by atoms with E-state index in [0.717, 1.165) is 6.26 Å². The molecule has 128 valence electrons. The SMILES string of the molecule is CC(NC(=O)c1ccc(Cl)c(S(C)(=O)=O)c1)C(=O)NC(C)(C)C. The summed E-state index contributed by atoms with van der Waals surface area (Å²) in [6, 6.07) is 3.17. The summed E-state index contributed by atoms with van der Waals surface area (Å²) in [7, 11) is -3.55. The molecule has 0 fully saturated rings. The fraction of sp³-hybridized carbons (Fsp3) is 0.467. The maximum atomic E-state index is 12.2. The van der Waals surface area contributed by atoms with Gasteiger partial charge in [0.15, 0.2) is 9.84 Å². The Morgan fingerprint density at radius 3 is 2.26 bits per heavy atom. The van der Waals surface area contributed by atoms with Gasteiger partial charge in [-0.3, -0.25) is 9.59 Å². The van der Waals surface area contributed by atoms with Gasteiger partial charge in [0.2, 0.25) is 5.91 Å². The molecule has 0 aliphatic carbocycles. The highest BCUT2D eigenvalue weighted by Gasteiger charge is 2.22. The van der Waals surface area contributed by atoms with Crippen molar-refractivity contribution in [1.82, 2.24) is 10.6 Å². The van der Waals surface area contributed by atoms with Gasteiger partial charge >= 0.3 is 0 Å². The molecule has 6 nitrogen and oxygen atoms in total. The molecule has 0 radical (unpaired) electrons. The number of sulfone groups is 1. The topological polar surface area (TPSA) is 92.3 Å². The normalized spacial score (nSPS) is 13.3. The number of carbonyl (C=O) groups excluding carboxylic acids is 2. The minimum Gasteiger partial charge on any atom is -0.350 e. The van der Waals surface area contributed by atoms with Gasteiger partial charge in [-0.1, -0.05) is 11.6 Å². The van der Waals surface area contributed by atoms with Crippen molar-refractivity contribution in [1.29, 1.82) is 0 Å². The molecule has 0 bridgehead atoms. The van der Waals surface area contributed by atoms with E-state index in [1.165, 1.54) is 18.2 Å². The number of carbonyl (C=O) groups is 2. The molecule has 0 aliphatic heterocycles. The summed E-state index contributed by atoms with van der Waals surface area (Å²) < 4.78 is 23.3. The second-order valence-corrected chi connectivity index (χ2v) is 8.74. The molecular weight excluding hydrogens is 340 g/mol. The Labute approximate surface area is 141 Å². The first-order valence-electron chi connectivity index (χ1n) is 6.94. The van der Waals surface area contributed by atoms with Crippen LogP contribution < -0.4 is 10.6 Å². The van der Waals surface area contributed by atoms with Crippen molar-refractivity contribution in [3.05, 3.63) is 28.8 Å². The first kappa shape index (κ1) is 19.4. The summed E-state index contributed by atoms with van der Waals surface area (Å²) in [5.74, 6) is -0.883. The zero-order chi connectivity index (χ0) is 18.0. The van der Waals surface area contributed by atoms with Gasteiger partial charge in [0.25, 0.3) is 5.91 Å². The lowest BCUT2D eigenvalue weighted by molar-refractivity contribution is -0.124. The van der Waals surface area contributed by atoms with Crippen LogP contribution in [0.4, 0.5) is 0 Å². The summed E-state index contributed by atoms with van der Waals surface area (Å²) in [4.78, 5) is 24.0. The third-order valence-electron chi connectivity index (χ3n) is 2.83. The molecule has 1 atom stereocenters. The molecule has 8 heteroatoms. The Morgan fingerprint density at radius 1 is 1.22 bits per heavy atom. The lowest BCUT2D eigenvalue weighted by Gasteiger charge is -2.23. The number of hydrogen-bond donors (Lipinski definition) is 2. The summed E-state index contributed by atoms with van der Waals surface area (Å²) in [5.41, 5.74) is -0.301. The van der Waals surface area contributed by atoms with Crippen molar-refractivity contribution in [3.63, 3.8) is 0 Å². The molecule has 0 heterocycles. The van der Waals surface area contributed by atoms with Gasteiger partial charge in [-0.2, -0.15) is 0 Å². The maximum Gasteiger partial charge on any atom is 0.251 e. The Balaban J connectivity index is 2.93. The number of nitrogens with one attached hydrogen (secondary N) is 2. The summed E-state index contributed by atoms with van der Waals surface area (Å²) in [6.45, 7) is 7.04. The van der Waals surface area contributed by atoms with Crippen LogP contribution in [0, 0.1) is 0 Å². The van der Waals surface area contributed by atoms with Crippen LogP contribution in [-0.2, 0) is 14.6 Å². The van der Waals surface area contributed by atoms with Crippen molar-refractivity contribution in [2.45, 2.75) is 44.2 Å². The standard InChI is InChI=1S/C15H21ClN2O4S/c1-9(13(19)18-15(2,3)4)17-14(20)10-6-7-11(16)12(8-10)23(5,21)22/h6-9H,1-5H3,(H,17,20)(H,18,19). The molecular formula is C15H21ClN2O4S. The fourth-order valence-electron chi connectivity index (χ4n) is 1.75. The molecule has 23 heavy (non-hydrogen) atoms. The highest BCUT2D eigenvalue weighted by atomic mass is 35.5. The van der Waals surface area contributed by atoms with Gasteiger partial charge in [0.05, 0.1) is 9.92 Å². The molecule has 0 saturated carbocycles. The Bertz CT molecular complexity index is 723. The molecule has 0 saturated heterocycles. The van der Waals surface area contributed by atoms with E-state index < -0.39 is 27.3 Å². The van der Waals surface area contributed by atoms with Gasteiger partial charge in [0, 0.05) is 17.4 Å². The van der Waals surface area contributed by atoms with E-state index in [9.17, 15) is 18.0 Å². The van der Waals surface area contributed by atoms with E-state index in [4.69, 9.17) is 11.6 Å². The Hall–Kier alpha value is -1.60.